The van der Waals surface area contributed by atoms with Gasteiger partial charge in [0.25, 0.3) is 11.5 Å². The number of aryl methyl sites for hydroxylation is 1. The molecule has 2 aromatic heterocycles. The number of hydrogen-bond acceptors (Lipinski definition) is 6. The molecular weight excluding hydrogens is 390 g/mol. The number of hydrogen-bond donors (Lipinski definition) is 1. The first kappa shape index (κ1) is 21.5. The van der Waals surface area contributed by atoms with Crippen molar-refractivity contribution in [3.05, 3.63) is 38.7 Å². The zero-order valence-corrected chi connectivity index (χ0v) is 17.9. The summed E-state index contributed by atoms with van der Waals surface area (Å²) >= 11 is 0. The molecule has 2 amide bonds. The Morgan fingerprint density at radius 1 is 1.10 bits per heavy atom. The fourth-order valence-electron chi connectivity index (χ4n) is 3.37. The maximum Gasteiger partial charge on any atom is 0.410 e. The molecule has 0 atom stereocenters. The summed E-state index contributed by atoms with van der Waals surface area (Å²) < 4.78 is 7.62. The van der Waals surface area contributed by atoms with E-state index in [1.54, 1.807) is 4.90 Å². The Kier molecular flexibility index (Phi) is 5.69. The van der Waals surface area contributed by atoms with Gasteiger partial charge in [-0.05, 0) is 45.7 Å². The highest BCUT2D eigenvalue weighted by Gasteiger charge is 2.28. The van der Waals surface area contributed by atoms with Crippen LogP contribution < -0.4 is 16.6 Å². The number of fused-ring (bicyclic) bond motifs is 1. The first-order valence-corrected chi connectivity index (χ1v) is 9.83. The van der Waals surface area contributed by atoms with Crippen LogP contribution in [-0.2, 0) is 18.8 Å². The largest absolute Gasteiger partial charge is 0.444 e. The number of carbonyl (C=O) groups is 2. The number of amides is 2. The normalized spacial score (nSPS) is 15.3. The molecule has 0 radical (unpaired) electrons. The third-order valence-electron chi connectivity index (χ3n) is 5.02. The van der Waals surface area contributed by atoms with Crippen LogP contribution >= 0.6 is 0 Å². The highest BCUT2D eigenvalue weighted by molar-refractivity contribution is 5.94. The fraction of sp³-hybridized carbons (Fsp3) is 0.550. The van der Waals surface area contributed by atoms with Crippen molar-refractivity contribution in [2.75, 3.05) is 13.1 Å². The van der Waals surface area contributed by atoms with Gasteiger partial charge in [-0.25, -0.2) is 14.6 Å². The molecule has 30 heavy (non-hydrogen) atoms. The van der Waals surface area contributed by atoms with Crippen LogP contribution in [0, 0.1) is 0 Å². The summed E-state index contributed by atoms with van der Waals surface area (Å²) in [5.74, 6) is -0.388. The minimum absolute atomic E-state index is 0.110. The second kappa shape index (κ2) is 7.92. The van der Waals surface area contributed by atoms with E-state index in [1.165, 1.54) is 30.8 Å². The predicted octanol–water partition coefficient (Wildman–Crippen LogP) is 0.761. The van der Waals surface area contributed by atoms with Crippen LogP contribution in [0.4, 0.5) is 4.79 Å². The van der Waals surface area contributed by atoms with Gasteiger partial charge in [-0.2, -0.15) is 0 Å². The molecule has 0 saturated carbocycles. The molecule has 0 bridgehead atoms. The van der Waals surface area contributed by atoms with Gasteiger partial charge in [0, 0.05) is 33.2 Å². The summed E-state index contributed by atoms with van der Waals surface area (Å²) in [6.45, 7) is 6.42. The van der Waals surface area contributed by atoms with Crippen LogP contribution in [0.2, 0.25) is 0 Å². The molecule has 1 aliphatic heterocycles. The Morgan fingerprint density at radius 3 is 2.33 bits per heavy atom. The van der Waals surface area contributed by atoms with Gasteiger partial charge >= 0.3 is 11.8 Å². The van der Waals surface area contributed by atoms with Crippen LogP contribution in [0.25, 0.3) is 11.0 Å². The number of carbonyl (C=O) groups excluding carboxylic acids is 2. The number of nitrogens with one attached hydrogen (secondary N) is 1. The standard InChI is InChI=1S/C20H27N5O5/c1-20(2,3)30-19(29)25-10-8-12(9-11-25)21-16(26)14-7-6-13-15(22-14)23(4)18(28)24(5)17(13)27/h6-7,12H,8-11H2,1-5H3,(H,21,26). The average Bonchev–Trinajstić information content (AvgIpc) is 2.69. The molecule has 0 unspecified atom stereocenters. The van der Waals surface area contributed by atoms with Crippen LogP contribution in [0.5, 0.6) is 0 Å². The van der Waals surface area contributed by atoms with Gasteiger partial charge in [0.05, 0.1) is 5.39 Å². The molecule has 1 aliphatic rings. The molecule has 2 aromatic rings. The van der Waals surface area contributed by atoms with E-state index >= 15 is 0 Å². The molecule has 0 aliphatic carbocycles. The van der Waals surface area contributed by atoms with Crippen molar-refractivity contribution in [3.63, 3.8) is 0 Å². The fourth-order valence-corrected chi connectivity index (χ4v) is 3.37. The number of likely N-dealkylation sites (tertiary alicyclic amines) is 1. The number of ether oxygens (including phenoxy) is 1. The maximum atomic E-state index is 12.7. The number of nitrogens with zero attached hydrogens (tertiary/aromatic N) is 4. The minimum atomic E-state index is -0.551. The lowest BCUT2D eigenvalue weighted by Gasteiger charge is -2.33. The summed E-state index contributed by atoms with van der Waals surface area (Å²) in [6, 6.07) is 2.87. The van der Waals surface area contributed by atoms with Gasteiger partial charge in [-0.1, -0.05) is 0 Å². The van der Waals surface area contributed by atoms with E-state index in [1.807, 2.05) is 20.8 Å². The molecular formula is C20H27N5O5. The Bertz CT molecular complexity index is 1100. The van der Waals surface area contributed by atoms with E-state index in [-0.39, 0.29) is 34.8 Å². The molecule has 10 nitrogen and oxygen atoms in total. The smallest absolute Gasteiger partial charge is 0.410 e. The zero-order chi connectivity index (χ0) is 22.2. The summed E-state index contributed by atoms with van der Waals surface area (Å²) in [4.78, 5) is 55.0. The Morgan fingerprint density at radius 2 is 1.73 bits per heavy atom. The van der Waals surface area contributed by atoms with E-state index in [4.69, 9.17) is 4.74 Å². The average molecular weight is 417 g/mol. The summed E-state index contributed by atoms with van der Waals surface area (Å²) in [5, 5.41) is 3.18. The molecule has 162 valence electrons. The molecule has 1 fully saturated rings. The van der Waals surface area contributed by atoms with Gasteiger partial charge in [0.2, 0.25) is 0 Å². The van der Waals surface area contributed by atoms with Crippen molar-refractivity contribution in [2.24, 2.45) is 14.1 Å². The maximum absolute atomic E-state index is 12.7. The number of rotatable bonds is 2. The number of pyridine rings is 1. The monoisotopic (exact) mass is 417 g/mol. The second-order valence-corrected chi connectivity index (χ2v) is 8.49. The van der Waals surface area contributed by atoms with Crippen molar-refractivity contribution < 1.29 is 14.3 Å². The second-order valence-electron chi connectivity index (χ2n) is 8.49. The van der Waals surface area contributed by atoms with Gasteiger partial charge in [-0.3, -0.25) is 18.7 Å². The quantitative estimate of drug-likeness (QED) is 0.771. The molecule has 1 N–H and O–H groups in total. The van der Waals surface area contributed by atoms with Crippen molar-refractivity contribution >= 4 is 23.0 Å². The van der Waals surface area contributed by atoms with Crippen LogP contribution in [0.1, 0.15) is 44.1 Å². The number of aromatic nitrogens is 3. The molecule has 3 rings (SSSR count). The Hall–Kier alpha value is -3.17. The van der Waals surface area contributed by atoms with Gasteiger partial charge < -0.3 is 15.0 Å². The van der Waals surface area contributed by atoms with E-state index in [9.17, 15) is 19.2 Å². The molecule has 3 heterocycles. The lowest BCUT2D eigenvalue weighted by atomic mass is 10.1. The third-order valence-corrected chi connectivity index (χ3v) is 5.02. The predicted molar refractivity (Wildman–Crippen MR) is 111 cm³/mol. The van der Waals surface area contributed by atoms with E-state index in [0.29, 0.717) is 25.9 Å². The zero-order valence-electron chi connectivity index (χ0n) is 17.9. The molecule has 0 spiro atoms. The first-order valence-electron chi connectivity index (χ1n) is 9.83. The summed E-state index contributed by atoms with van der Waals surface area (Å²) in [6.07, 6.45) is 0.834. The summed E-state index contributed by atoms with van der Waals surface area (Å²) in [5.41, 5.74) is -1.23. The van der Waals surface area contributed by atoms with Crippen LogP contribution in [0.15, 0.2) is 21.7 Å². The van der Waals surface area contributed by atoms with Crippen molar-refractivity contribution in [1.82, 2.24) is 24.3 Å². The molecule has 10 heteroatoms. The van der Waals surface area contributed by atoms with Gasteiger partial charge in [0.1, 0.15) is 16.9 Å². The Labute approximate surface area is 173 Å². The number of piperidine rings is 1. The third kappa shape index (κ3) is 4.37. The minimum Gasteiger partial charge on any atom is -0.444 e. The van der Waals surface area contributed by atoms with Crippen LogP contribution in [-0.4, -0.2) is 55.8 Å². The van der Waals surface area contributed by atoms with Crippen LogP contribution in [0.3, 0.4) is 0 Å². The lowest BCUT2D eigenvalue weighted by molar-refractivity contribution is 0.0199. The topological polar surface area (TPSA) is 116 Å². The SMILES string of the molecule is Cn1c(=O)c2ccc(C(=O)NC3CCN(C(=O)OC(C)(C)C)CC3)nc2n(C)c1=O. The van der Waals surface area contributed by atoms with E-state index < -0.39 is 16.9 Å². The molecule has 0 aromatic carbocycles. The van der Waals surface area contributed by atoms with Crippen molar-refractivity contribution in [2.45, 2.75) is 45.3 Å². The van der Waals surface area contributed by atoms with E-state index in [0.717, 1.165) is 4.57 Å². The van der Waals surface area contributed by atoms with Crippen molar-refractivity contribution in [3.8, 4) is 0 Å². The first-order chi connectivity index (χ1) is 14.0. The van der Waals surface area contributed by atoms with Gasteiger partial charge in [0.15, 0.2) is 0 Å². The van der Waals surface area contributed by atoms with Crippen molar-refractivity contribution in [1.29, 1.82) is 0 Å². The lowest BCUT2D eigenvalue weighted by Crippen LogP contribution is -2.48. The highest BCUT2D eigenvalue weighted by Crippen LogP contribution is 2.16. The van der Waals surface area contributed by atoms with Gasteiger partial charge in [-0.15, -0.1) is 0 Å². The van der Waals surface area contributed by atoms with E-state index in [2.05, 4.69) is 10.3 Å². The summed E-state index contributed by atoms with van der Waals surface area (Å²) in [7, 11) is 2.90. The highest BCUT2D eigenvalue weighted by atomic mass is 16.6. The molecule has 1 saturated heterocycles. The Balaban J connectivity index is 1.69.